The summed E-state index contributed by atoms with van der Waals surface area (Å²) in [4.78, 5) is 39.8. The van der Waals surface area contributed by atoms with Crippen LogP contribution in [0.2, 0.25) is 0 Å². The van der Waals surface area contributed by atoms with E-state index in [-0.39, 0.29) is 16.9 Å². The molecule has 8 nitrogen and oxygen atoms in total. The quantitative estimate of drug-likeness (QED) is 0.132. The van der Waals surface area contributed by atoms with E-state index in [1.807, 2.05) is 32.9 Å². The summed E-state index contributed by atoms with van der Waals surface area (Å²) in [6.07, 6.45) is 0. The third-order valence-corrected chi connectivity index (χ3v) is 6.49. The molecule has 0 bridgehead atoms. The van der Waals surface area contributed by atoms with Gasteiger partial charge in [-0.05, 0) is 80.8 Å². The molecule has 1 unspecified atom stereocenters. The molecule has 0 aliphatic carbocycles. The van der Waals surface area contributed by atoms with Crippen molar-refractivity contribution >= 4 is 29.1 Å². The molecule has 0 aromatic heterocycles. The van der Waals surface area contributed by atoms with Crippen molar-refractivity contribution in [1.82, 2.24) is 0 Å². The Balaban J connectivity index is 1.93. The zero-order chi connectivity index (χ0) is 28.3. The molecule has 0 saturated carbocycles. The molecule has 39 heavy (non-hydrogen) atoms. The zero-order valence-electron chi connectivity index (χ0n) is 22.6. The fourth-order valence-corrected chi connectivity index (χ4v) is 4.55. The molecule has 4 rings (SSSR count). The van der Waals surface area contributed by atoms with Crippen LogP contribution in [-0.2, 0) is 14.4 Å². The van der Waals surface area contributed by atoms with Gasteiger partial charge < -0.3 is 19.3 Å². The first-order chi connectivity index (χ1) is 18.7. The molecule has 1 heterocycles. The summed E-state index contributed by atoms with van der Waals surface area (Å²) in [6, 6.07) is 16.0. The maximum atomic E-state index is 13.5. The number of esters is 1. The van der Waals surface area contributed by atoms with Crippen LogP contribution in [0.1, 0.15) is 49.1 Å². The van der Waals surface area contributed by atoms with Crippen LogP contribution in [0.4, 0.5) is 5.69 Å². The number of ether oxygens (including phenoxy) is 3. The maximum absolute atomic E-state index is 13.5. The van der Waals surface area contributed by atoms with Crippen molar-refractivity contribution < 1.29 is 33.7 Å². The summed E-state index contributed by atoms with van der Waals surface area (Å²) in [5, 5.41) is 11.6. The van der Waals surface area contributed by atoms with Gasteiger partial charge in [0, 0.05) is 18.7 Å². The Morgan fingerprint density at radius 1 is 0.872 bits per heavy atom. The highest BCUT2D eigenvalue weighted by Crippen LogP contribution is 2.44. The van der Waals surface area contributed by atoms with Gasteiger partial charge >= 0.3 is 5.97 Å². The van der Waals surface area contributed by atoms with E-state index >= 15 is 0 Å². The molecular formula is C31H31NO7. The van der Waals surface area contributed by atoms with Crippen molar-refractivity contribution in [3.8, 4) is 17.2 Å². The third kappa shape index (κ3) is 5.50. The minimum atomic E-state index is -0.945. The van der Waals surface area contributed by atoms with E-state index in [1.165, 1.54) is 11.8 Å². The summed E-state index contributed by atoms with van der Waals surface area (Å²) in [7, 11) is 0. The molecule has 1 fully saturated rings. The predicted molar refractivity (Wildman–Crippen MR) is 147 cm³/mol. The van der Waals surface area contributed by atoms with Gasteiger partial charge in [-0.1, -0.05) is 18.2 Å². The van der Waals surface area contributed by atoms with Crippen LogP contribution in [-0.4, -0.2) is 36.0 Å². The van der Waals surface area contributed by atoms with E-state index in [4.69, 9.17) is 14.2 Å². The number of benzene rings is 3. The molecule has 1 amide bonds. The molecule has 1 N–H and O–H groups in total. The first-order valence-electron chi connectivity index (χ1n) is 12.7. The lowest BCUT2D eigenvalue weighted by Gasteiger charge is -2.26. The van der Waals surface area contributed by atoms with E-state index in [1.54, 1.807) is 55.5 Å². The van der Waals surface area contributed by atoms with Gasteiger partial charge in [-0.3, -0.25) is 19.3 Å². The number of nitrogens with zero attached hydrogens (tertiary/aromatic N) is 1. The number of rotatable bonds is 8. The second-order valence-corrected chi connectivity index (χ2v) is 9.12. The predicted octanol–water partition coefficient (Wildman–Crippen LogP) is 5.65. The fourth-order valence-electron chi connectivity index (χ4n) is 4.55. The second kappa shape index (κ2) is 11.4. The van der Waals surface area contributed by atoms with E-state index in [9.17, 15) is 19.5 Å². The molecule has 0 radical (unpaired) electrons. The highest BCUT2D eigenvalue weighted by atomic mass is 16.5. The third-order valence-electron chi connectivity index (χ3n) is 6.49. The smallest absolute Gasteiger partial charge is 0.308 e. The Labute approximate surface area is 227 Å². The Morgan fingerprint density at radius 3 is 2.15 bits per heavy atom. The van der Waals surface area contributed by atoms with Crippen LogP contribution in [0.25, 0.3) is 5.76 Å². The number of aryl methyl sites for hydroxylation is 2. The monoisotopic (exact) mass is 529 g/mol. The number of Topliss-reactive ketones (excluding diaryl/α,β-unsaturated/α-hetero) is 1. The van der Waals surface area contributed by atoms with E-state index in [0.29, 0.717) is 41.7 Å². The van der Waals surface area contributed by atoms with E-state index in [2.05, 4.69) is 0 Å². The number of aliphatic hydroxyl groups excluding tert-OH is 1. The molecule has 202 valence electrons. The minimum absolute atomic E-state index is 0.0800. The first kappa shape index (κ1) is 27.4. The molecule has 1 aliphatic rings. The van der Waals surface area contributed by atoms with Gasteiger partial charge in [0.2, 0.25) is 0 Å². The van der Waals surface area contributed by atoms with Crippen LogP contribution in [0.5, 0.6) is 17.2 Å². The van der Waals surface area contributed by atoms with Gasteiger partial charge in [0.25, 0.3) is 11.7 Å². The van der Waals surface area contributed by atoms with Gasteiger partial charge in [0.15, 0.2) is 0 Å². The number of aliphatic hydroxyl groups is 1. The highest BCUT2D eigenvalue weighted by molar-refractivity contribution is 6.51. The molecule has 8 heteroatoms. The normalized spacial score (nSPS) is 16.3. The molecule has 3 aromatic rings. The van der Waals surface area contributed by atoms with Crippen LogP contribution in [0, 0.1) is 13.8 Å². The fraction of sp³-hybridized carbons (Fsp3) is 0.258. The molecule has 0 spiro atoms. The Morgan fingerprint density at radius 2 is 1.54 bits per heavy atom. The van der Waals surface area contributed by atoms with Crippen molar-refractivity contribution in [2.75, 3.05) is 18.1 Å². The Bertz CT molecular complexity index is 1460. The minimum Gasteiger partial charge on any atom is -0.507 e. The SMILES string of the molecule is CCOc1ccc(/C(O)=C2/C(=O)C(=O)N(c3ccc(C)c(C)c3)C2c2ccc(OC(C)=O)cc2)c(OCC)c1. The zero-order valence-corrected chi connectivity index (χ0v) is 22.6. The van der Waals surface area contributed by atoms with E-state index < -0.39 is 23.7 Å². The lowest BCUT2D eigenvalue weighted by atomic mass is 9.94. The number of hydrogen-bond acceptors (Lipinski definition) is 7. The molecule has 1 aliphatic heterocycles. The largest absolute Gasteiger partial charge is 0.507 e. The maximum Gasteiger partial charge on any atom is 0.308 e. The van der Waals surface area contributed by atoms with Crippen molar-refractivity contribution in [1.29, 1.82) is 0 Å². The number of ketones is 1. The Kier molecular flexibility index (Phi) is 8.04. The average Bonchev–Trinajstić information content (AvgIpc) is 3.16. The summed E-state index contributed by atoms with van der Waals surface area (Å²) in [5.74, 6) is -1.23. The molecule has 1 atom stereocenters. The topological polar surface area (TPSA) is 102 Å². The lowest BCUT2D eigenvalue weighted by molar-refractivity contribution is -0.132. The molecule has 1 saturated heterocycles. The van der Waals surface area contributed by atoms with Crippen LogP contribution in [0.15, 0.2) is 66.2 Å². The summed E-state index contributed by atoms with van der Waals surface area (Å²) >= 11 is 0. The van der Waals surface area contributed by atoms with Crippen LogP contribution < -0.4 is 19.1 Å². The van der Waals surface area contributed by atoms with Crippen molar-refractivity contribution in [2.45, 2.75) is 40.7 Å². The van der Waals surface area contributed by atoms with Crippen LogP contribution in [0.3, 0.4) is 0 Å². The average molecular weight is 530 g/mol. The number of carbonyl (C=O) groups is 3. The van der Waals surface area contributed by atoms with Crippen molar-refractivity contribution in [3.05, 3.63) is 88.5 Å². The van der Waals surface area contributed by atoms with E-state index in [0.717, 1.165) is 11.1 Å². The second-order valence-electron chi connectivity index (χ2n) is 9.12. The number of anilines is 1. The highest BCUT2D eigenvalue weighted by Gasteiger charge is 2.47. The van der Waals surface area contributed by atoms with Crippen molar-refractivity contribution in [3.63, 3.8) is 0 Å². The summed E-state index contributed by atoms with van der Waals surface area (Å²) in [6.45, 7) is 9.60. The standard InChI is InChI=1S/C31H31NO7/c1-6-37-24-14-15-25(26(17-24)38-7-2)29(34)27-28(21-9-12-23(13-10-21)39-20(5)33)32(31(36)30(27)35)22-11-8-18(3)19(4)16-22/h8-17,28,34H,6-7H2,1-5H3/b29-27-. The van der Waals surface area contributed by atoms with Crippen LogP contribution >= 0.6 is 0 Å². The molecule has 3 aromatic carbocycles. The van der Waals surface area contributed by atoms with Gasteiger partial charge in [0.1, 0.15) is 23.0 Å². The van der Waals surface area contributed by atoms with Gasteiger partial charge in [-0.2, -0.15) is 0 Å². The van der Waals surface area contributed by atoms with Crippen molar-refractivity contribution in [2.24, 2.45) is 0 Å². The molecular weight excluding hydrogens is 498 g/mol. The Hall–Kier alpha value is -4.59. The van der Waals surface area contributed by atoms with Gasteiger partial charge in [-0.25, -0.2) is 0 Å². The lowest BCUT2D eigenvalue weighted by Crippen LogP contribution is -2.29. The summed E-state index contributed by atoms with van der Waals surface area (Å²) < 4.78 is 16.5. The van der Waals surface area contributed by atoms with Gasteiger partial charge in [0.05, 0.1) is 30.4 Å². The number of carbonyl (C=O) groups excluding carboxylic acids is 3. The summed E-state index contributed by atoms with van der Waals surface area (Å²) in [5.41, 5.74) is 3.24. The number of amides is 1. The first-order valence-corrected chi connectivity index (χ1v) is 12.7. The number of hydrogen-bond donors (Lipinski definition) is 1. The van der Waals surface area contributed by atoms with Gasteiger partial charge in [-0.15, -0.1) is 0 Å².